The van der Waals surface area contributed by atoms with Gasteiger partial charge in [0, 0.05) is 11.9 Å². The lowest BCUT2D eigenvalue weighted by atomic mass is 9.95. The molecule has 0 aliphatic heterocycles. The van der Waals surface area contributed by atoms with Crippen molar-refractivity contribution < 1.29 is 17.8 Å². The molecule has 2 aromatic heterocycles. The highest BCUT2D eigenvalue weighted by atomic mass is 32.2. The van der Waals surface area contributed by atoms with E-state index in [4.69, 9.17) is 0 Å². The Labute approximate surface area is 226 Å². The molecule has 1 aliphatic carbocycles. The van der Waals surface area contributed by atoms with Crippen molar-refractivity contribution in [2.24, 2.45) is 0 Å². The summed E-state index contributed by atoms with van der Waals surface area (Å²) in [5.41, 5.74) is 1.58. The quantitative estimate of drug-likeness (QED) is 0.204. The van der Waals surface area contributed by atoms with E-state index in [0.29, 0.717) is 11.7 Å². The molecule has 4 aromatic rings. The molecule has 3 N–H and O–H groups in total. The van der Waals surface area contributed by atoms with Crippen LogP contribution >= 0.6 is 11.8 Å². The minimum atomic E-state index is -3.78. The van der Waals surface area contributed by atoms with Crippen molar-refractivity contribution >= 4 is 39.2 Å². The Morgan fingerprint density at radius 1 is 0.974 bits per heavy atom. The second-order valence-electron chi connectivity index (χ2n) is 9.06. The van der Waals surface area contributed by atoms with Crippen LogP contribution in [0.25, 0.3) is 11.4 Å². The first-order valence-corrected chi connectivity index (χ1v) is 15.0. The molecule has 1 saturated carbocycles. The maximum Gasteiger partial charge on any atom is 0.337 e. The SMILES string of the molecule is O=C(CSc1n[nH]c(-c2ccccc2)[n+]1C1CCCCC1)Nc1ccc(S(=O)(=O)Nc2ccccn2)cc1. The number of thioether (sulfide) groups is 1. The van der Waals surface area contributed by atoms with E-state index in [9.17, 15) is 13.2 Å². The zero-order valence-corrected chi connectivity index (χ0v) is 22.3. The summed E-state index contributed by atoms with van der Waals surface area (Å²) >= 11 is 1.39. The number of benzene rings is 2. The van der Waals surface area contributed by atoms with Crippen molar-refractivity contribution in [2.75, 3.05) is 15.8 Å². The number of hydrogen-bond acceptors (Lipinski definition) is 6. The van der Waals surface area contributed by atoms with E-state index in [2.05, 4.69) is 41.9 Å². The van der Waals surface area contributed by atoms with Gasteiger partial charge in [-0.1, -0.05) is 30.7 Å². The first-order chi connectivity index (χ1) is 18.5. The van der Waals surface area contributed by atoms with Gasteiger partial charge in [0.2, 0.25) is 5.91 Å². The summed E-state index contributed by atoms with van der Waals surface area (Å²) in [6, 6.07) is 21.5. The van der Waals surface area contributed by atoms with Gasteiger partial charge in [-0.3, -0.25) is 9.52 Å². The van der Waals surface area contributed by atoms with E-state index in [-0.39, 0.29) is 22.4 Å². The van der Waals surface area contributed by atoms with Crippen molar-refractivity contribution in [1.29, 1.82) is 0 Å². The lowest BCUT2D eigenvalue weighted by Gasteiger charge is -2.21. The van der Waals surface area contributed by atoms with Crippen LogP contribution in [0.2, 0.25) is 0 Å². The summed E-state index contributed by atoms with van der Waals surface area (Å²) in [6.45, 7) is 0. The van der Waals surface area contributed by atoms with Gasteiger partial charge < -0.3 is 5.32 Å². The van der Waals surface area contributed by atoms with Crippen molar-refractivity contribution in [3.8, 4) is 11.4 Å². The van der Waals surface area contributed by atoms with Gasteiger partial charge in [-0.05, 0) is 86.0 Å². The molecule has 5 rings (SSSR count). The molecule has 2 aromatic carbocycles. The Morgan fingerprint density at radius 3 is 2.42 bits per heavy atom. The van der Waals surface area contributed by atoms with Gasteiger partial charge in [-0.15, -0.1) is 5.10 Å². The normalized spacial score (nSPS) is 14.2. The van der Waals surface area contributed by atoms with Crippen LogP contribution in [0.4, 0.5) is 11.5 Å². The maximum absolute atomic E-state index is 12.8. The number of nitrogens with one attached hydrogen (secondary N) is 3. The molecular weight excluding hydrogens is 520 g/mol. The predicted molar refractivity (Wildman–Crippen MR) is 147 cm³/mol. The van der Waals surface area contributed by atoms with Gasteiger partial charge >= 0.3 is 5.16 Å². The van der Waals surface area contributed by atoms with E-state index in [1.165, 1.54) is 49.4 Å². The number of rotatable bonds is 9. The topological polar surface area (TPSA) is 121 Å². The number of aromatic nitrogens is 4. The molecule has 0 saturated heterocycles. The number of carbonyl (C=O) groups excluding carboxylic acids is 1. The number of anilines is 2. The molecule has 1 amide bonds. The Morgan fingerprint density at radius 2 is 1.71 bits per heavy atom. The van der Waals surface area contributed by atoms with E-state index < -0.39 is 10.0 Å². The highest BCUT2D eigenvalue weighted by molar-refractivity contribution is 7.99. The molecule has 0 bridgehead atoms. The van der Waals surface area contributed by atoms with Crippen molar-refractivity contribution in [1.82, 2.24) is 15.2 Å². The number of sulfonamides is 1. The molecule has 0 unspecified atom stereocenters. The molecule has 0 spiro atoms. The van der Waals surface area contributed by atoms with Crippen LogP contribution in [0.3, 0.4) is 0 Å². The number of H-pyrrole nitrogens is 1. The third-order valence-corrected chi connectivity index (χ3v) is 8.70. The number of hydrogen-bond donors (Lipinski definition) is 3. The van der Waals surface area contributed by atoms with Crippen LogP contribution in [-0.4, -0.2) is 35.3 Å². The molecule has 9 nitrogen and oxygen atoms in total. The van der Waals surface area contributed by atoms with Gasteiger partial charge in [0.25, 0.3) is 15.8 Å². The molecule has 1 fully saturated rings. The van der Waals surface area contributed by atoms with Gasteiger partial charge in [-0.2, -0.15) is 0 Å². The molecule has 0 radical (unpaired) electrons. The van der Waals surface area contributed by atoms with Gasteiger partial charge in [0.1, 0.15) is 5.82 Å². The summed E-state index contributed by atoms with van der Waals surface area (Å²) in [4.78, 5) is 16.8. The van der Waals surface area contributed by atoms with Crippen LogP contribution in [0.15, 0.2) is 89.0 Å². The highest BCUT2D eigenvalue weighted by Gasteiger charge is 2.30. The monoisotopic (exact) mass is 549 g/mol. The van der Waals surface area contributed by atoms with E-state index in [1.807, 2.05) is 18.2 Å². The van der Waals surface area contributed by atoms with Crippen LogP contribution < -0.4 is 14.6 Å². The third-order valence-electron chi connectivity index (χ3n) is 6.38. The number of pyridine rings is 1. The minimum Gasteiger partial charge on any atom is -0.325 e. The summed E-state index contributed by atoms with van der Waals surface area (Å²) < 4.78 is 29.9. The Bertz CT molecular complexity index is 1470. The third kappa shape index (κ3) is 6.22. The zero-order valence-electron chi connectivity index (χ0n) is 20.7. The molecule has 11 heteroatoms. The van der Waals surface area contributed by atoms with Gasteiger partial charge in [-0.25, -0.2) is 18.0 Å². The molecule has 1 aliphatic rings. The first kappa shape index (κ1) is 25.9. The lowest BCUT2D eigenvalue weighted by Crippen LogP contribution is -2.43. The van der Waals surface area contributed by atoms with Gasteiger partial charge in [0.05, 0.1) is 27.4 Å². The fraction of sp³-hybridized carbons (Fsp3) is 0.259. The molecular formula is C27H29N6O3S2+. The fourth-order valence-corrected chi connectivity index (χ4v) is 6.38. The molecule has 2 heterocycles. The molecule has 0 atom stereocenters. The van der Waals surface area contributed by atoms with E-state index in [0.717, 1.165) is 29.4 Å². The number of carbonyl (C=O) groups is 1. The second kappa shape index (κ2) is 11.8. The summed E-state index contributed by atoms with van der Waals surface area (Å²) in [5, 5.41) is 11.4. The predicted octanol–water partition coefficient (Wildman–Crippen LogP) is 4.80. The van der Waals surface area contributed by atoms with Gasteiger partial charge in [0.15, 0.2) is 0 Å². The van der Waals surface area contributed by atoms with Crippen LogP contribution in [0.1, 0.15) is 38.1 Å². The fourth-order valence-electron chi connectivity index (χ4n) is 4.55. The van der Waals surface area contributed by atoms with Crippen LogP contribution in [0, 0.1) is 0 Å². The second-order valence-corrected chi connectivity index (χ2v) is 11.7. The summed E-state index contributed by atoms with van der Waals surface area (Å²) in [6.07, 6.45) is 7.31. The summed E-state index contributed by atoms with van der Waals surface area (Å²) in [5.74, 6) is 1.17. The molecule has 196 valence electrons. The minimum absolute atomic E-state index is 0.0778. The standard InChI is InChI=1S/C27H28N6O3S2/c34-25(29-21-14-16-23(17-15-21)38(35,36)32-24-13-7-8-18-28-24)19-37-27-31-30-26(20-9-3-1-4-10-20)33(27)22-11-5-2-6-12-22/h1,3-4,7-10,13-18,22H,2,5-6,11-12,19H2,(H2,28,29,32,34)/p+1. The maximum atomic E-state index is 12.8. The van der Waals surface area contributed by atoms with Crippen molar-refractivity contribution in [3.63, 3.8) is 0 Å². The van der Waals surface area contributed by atoms with Crippen LogP contribution in [-0.2, 0) is 14.8 Å². The largest absolute Gasteiger partial charge is 0.337 e. The number of nitrogens with zero attached hydrogens (tertiary/aromatic N) is 3. The Kier molecular flexibility index (Phi) is 8.04. The summed E-state index contributed by atoms with van der Waals surface area (Å²) in [7, 11) is -3.78. The van der Waals surface area contributed by atoms with Crippen LogP contribution in [0.5, 0.6) is 0 Å². The van der Waals surface area contributed by atoms with Crippen molar-refractivity contribution in [3.05, 3.63) is 79.0 Å². The Hall–Kier alpha value is -3.70. The first-order valence-electron chi connectivity index (χ1n) is 12.5. The molecule has 38 heavy (non-hydrogen) atoms. The van der Waals surface area contributed by atoms with E-state index >= 15 is 0 Å². The highest BCUT2D eigenvalue weighted by Crippen LogP contribution is 2.29. The lowest BCUT2D eigenvalue weighted by molar-refractivity contribution is -0.749. The smallest absolute Gasteiger partial charge is 0.325 e. The number of amides is 1. The average molecular weight is 550 g/mol. The Balaban J connectivity index is 1.24. The zero-order chi connectivity index (χ0) is 26.4. The number of aromatic amines is 1. The van der Waals surface area contributed by atoms with Crippen molar-refractivity contribution in [2.45, 2.75) is 48.2 Å². The average Bonchev–Trinajstić information content (AvgIpc) is 3.37. The van der Waals surface area contributed by atoms with E-state index in [1.54, 1.807) is 30.3 Å².